The minimum absolute atomic E-state index is 0.0949. The molecular formula is C7H12N2O3. The number of carboxylic acids is 1. The van der Waals surface area contributed by atoms with E-state index >= 15 is 0 Å². The van der Waals surface area contributed by atoms with Gasteiger partial charge >= 0.3 is 5.97 Å². The number of carboxylic acid groups (broad SMARTS) is 1. The minimum Gasteiger partial charge on any atom is -0.480 e. The molecule has 1 rings (SSSR count). The summed E-state index contributed by atoms with van der Waals surface area (Å²) in [6.07, 6.45) is 0.965. The first-order valence-electron chi connectivity index (χ1n) is 3.84. The summed E-state index contributed by atoms with van der Waals surface area (Å²) in [5, 5.41) is 8.42. The lowest BCUT2D eigenvalue weighted by atomic mass is 10.1. The Morgan fingerprint density at radius 2 is 2.42 bits per heavy atom. The van der Waals surface area contributed by atoms with Crippen molar-refractivity contribution in [2.24, 2.45) is 5.73 Å². The number of likely N-dealkylation sites (tertiary alicyclic amines) is 1. The van der Waals surface area contributed by atoms with Crippen LogP contribution in [0.2, 0.25) is 0 Å². The first kappa shape index (κ1) is 8.99. The SMILES string of the molecule is NC1CCN(CC(=O)O)C(=O)C1. The van der Waals surface area contributed by atoms with E-state index in [4.69, 9.17) is 10.8 Å². The van der Waals surface area contributed by atoms with Crippen LogP contribution in [0.4, 0.5) is 0 Å². The zero-order valence-corrected chi connectivity index (χ0v) is 6.69. The average molecular weight is 172 g/mol. The van der Waals surface area contributed by atoms with Gasteiger partial charge in [-0.25, -0.2) is 0 Å². The molecule has 1 aliphatic heterocycles. The molecule has 0 aliphatic carbocycles. The van der Waals surface area contributed by atoms with Gasteiger partial charge in [0.05, 0.1) is 0 Å². The Balaban J connectivity index is 2.45. The van der Waals surface area contributed by atoms with Gasteiger partial charge in [-0.1, -0.05) is 0 Å². The van der Waals surface area contributed by atoms with Gasteiger partial charge in [0.15, 0.2) is 0 Å². The van der Waals surface area contributed by atoms with Crippen LogP contribution in [0.15, 0.2) is 0 Å². The number of aliphatic carboxylic acids is 1. The summed E-state index contributed by atoms with van der Waals surface area (Å²) in [4.78, 5) is 22.7. The van der Waals surface area contributed by atoms with E-state index in [1.54, 1.807) is 0 Å². The molecular weight excluding hydrogens is 160 g/mol. The van der Waals surface area contributed by atoms with Crippen LogP contribution in [0.1, 0.15) is 12.8 Å². The largest absolute Gasteiger partial charge is 0.480 e. The van der Waals surface area contributed by atoms with Crippen LogP contribution in [0.5, 0.6) is 0 Å². The van der Waals surface area contributed by atoms with E-state index in [1.807, 2.05) is 0 Å². The van der Waals surface area contributed by atoms with Crippen LogP contribution in [0.25, 0.3) is 0 Å². The molecule has 0 aromatic heterocycles. The number of piperidine rings is 1. The maximum Gasteiger partial charge on any atom is 0.323 e. The molecule has 1 aliphatic rings. The fourth-order valence-corrected chi connectivity index (χ4v) is 1.23. The lowest BCUT2D eigenvalue weighted by Gasteiger charge is -2.28. The van der Waals surface area contributed by atoms with Crippen molar-refractivity contribution in [2.45, 2.75) is 18.9 Å². The average Bonchev–Trinajstić information content (AvgIpc) is 1.94. The normalized spacial score (nSPS) is 24.2. The highest BCUT2D eigenvalue weighted by Crippen LogP contribution is 2.08. The summed E-state index contributed by atoms with van der Waals surface area (Å²) in [5.41, 5.74) is 5.52. The van der Waals surface area contributed by atoms with Gasteiger partial charge in [-0.05, 0) is 6.42 Å². The van der Waals surface area contributed by atoms with Gasteiger partial charge in [0, 0.05) is 19.0 Å². The molecule has 0 spiro atoms. The van der Waals surface area contributed by atoms with Crippen molar-refractivity contribution in [2.75, 3.05) is 13.1 Å². The van der Waals surface area contributed by atoms with Crippen LogP contribution in [0.3, 0.4) is 0 Å². The molecule has 0 radical (unpaired) electrons. The van der Waals surface area contributed by atoms with Crippen molar-refractivity contribution >= 4 is 11.9 Å². The lowest BCUT2D eigenvalue weighted by Crippen LogP contribution is -2.45. The number of nitrogens with two attached hydrogens (primary N) is 1. The summed E-state index contributed by atoms with van der Waals surface area (Å²) < 4.78 is 0. The first-order chi connectivity index (χ1) is 5.59. The van der Waals surface area contributed by atoms with Gasteiger partial charge < -0.3 is 15.7 Å². The van der Waals surface area contributed by atoms with Gasteiger partial charge in [-0.15, -0.1) is 0 Å². The molecule has 0 saturated carbocycles. The van der Waals surface area contributed by atoms with Crippen LogP contribution < -0.4 is 5.73 Å². The molecule has 68 valence electrons. The molecule has 12 heavy (non-hydrogen) atoms. The molecule has 0 aromatic rings. The Bertz CT molecular complexity index is 205. The Labute approximate surface area is 70.1 Å². The van der Waals surface area contributed by atoms with Crippen molar-refractivity contribution in [1.29, 1.82) is 0 Å². The van der Waals surface area contributed by atoms with Crippen molar-refractivity contribution in [3.8, 4) is 0 Å². The van der Waals surface area contributed by atoms with Gasteiger partial charge in [-0.3, -0.25) is 9.59 Å². The molecule has 5 heteroatoms. The minimum atomic E-state index is -0.973. The molecule has 1 heterocycles. The number of hydrogen-bond donors (Lipinski definition) is 2. The topological polar surface area (TPSA) is 83.6 Å². The number of amides is 1. The number of carbonyl (C=O) groups is 2. The highest BCUT2D eigenvalue weighted by Gasteiger charge is 2.24. The Morgan fingerprint density at radius 3 is 2.92 bits per heavy atom. The van der Waals surface area contributed by atoms with Crippen molar-refractivity contribution in [3.63, 3.8) is 0 Å². The molecule has 5 nitrogen and oxygen atoms in total. The summed E-state index contributed by atoms with van der Waals surface area (Å²) in [7, 11) is 0. The summed E-state index contributed by atoms with van der Waals surface area (Å²) >= 11 is 0. The second-order valence-electron chi connectivity index (χ2n) is 2.96. The van der Waals surface area contributed by atoms with E-state index in [2.05, 4.69) is 0 Å². The summed E-state index contributed by atoms with van der Waals surface area (Å²) in [5.74, 6) is -1.13. The zero-order chi connectivity index (χ0) is 9.14. The lowest BCUT2D eigenvalue weighted by molar-refractivity contribution is -0.145. The standard InChI is InChI=1S/C7H12N2O3/c8-5-1-2-9(4-7(11)12)6(10)3-5/h5H,1-4,8H2,(H,11,12). The molecule has 1 unspecified atom stereocenters. The van der Waals surface area contributed by atoms with Crippen molar-refractivity contribution in [1.82, 2.24) is 4.90 Å². The number of nitrogens with zero attached hydrogens (tertiary/aromatic N) is 1. The van der Waals surface area contributed by atoms with E-state index in [9.17, 15) is 9.59 Å². The quantitative estimate of drug-likeness (QED) is 0.560. The molecule has 0 bridgehead atoms. The maximum atomic E-state index is 11.1. The predicted molar refractivity (Wildman–Crippen MR) is 41.4 cm³/mol. The molecule has 0 aromatic carbocycles. The third-order valence-corrected chi connectivity index (χ3v) is 1.89. The van der Waals surface area contributed by atoms with Crippen LogP contribution in [-0.4, -0.2) is 41.0 Å². The fourth-order valence-electron chi connectivity index (χ4n) is 1.23. The van der Waals surface area contributed by atoms with E-state index < -0.39 is 5.97 Å². The van der Waals surface area contributed by atoms with Gasteiger partial charge in [-0.2, -0.15) is 0 Å². The smallest absolute Gasteiger partial charge is 0.323 e. The summed E-state index contributed by atoms with van der Waals surface area (Å²) in [6, 6.07) is -0.0949. The molecule has 1 amide bonds. The number of carbonyl (C=O) groups excluding carboxylic acids is 1. The second-order valence-corrected chi connectivity index (χ2v) is 2.96. The van der Waals surface area contributed by atoms with Crippen LogP contribution >= 0.6 is 0 Å². The highest BCUT2D eigenvalue weighted by atomic mass is 16.4. The maximum absolute atomic E-state index is 11.1. The summed E-state index contributed by atoms with van der Waals surface area (Å²) in [6.45, 7) is 0.262. The highest BCUT2D eigenvalue weighted by molar-refractivity contribution is 5.82. The molecule has 1 saturated heterocycles. The van der Waals surface area contributed by atoms with Crippen molar-refractivity contribution < 1.29 is 14.7 Å². The van der Waals surface area contributed by atoms with E-state index in [1.165, 1.54) is 4.90 Å². The van der Waals surface area contributed by atoms with Crippen LogP contribution in [0, 0.1) is 0 Å². The Hall–Kier alpha value is -1.10. The van der Waals surface area contributed by atoms with Crippen molar-refractivity contribution in [3.05, 3.63) is 0 Å². The van der Waals surface area contributed by atoms with Crippen LogP contribution in [-0.2, 0) is 9.59 Å². The van der Waals surface area contributed by atoms with Gasteiger partial charge in [0.1, 0.15) is 6.54 Å². The van der Waals surface area contributed by atoms with Gasteiger partial charge in [0.25, 0.3) is 0 Å². The fraction of sp³-hybridized carbons (Fsp3) is 0.714. The third kappa shape index (κ3) is 2.20. The molecule has 1 fully saturated rings. The molecule has 3 N–H and O–H groups in total. The van der Waals surface area contributed by atoms with E-state index in [-0.39, 0.29) is 24.9 Å². The molecule has 1 atom stereocenters. The predicted octanol–water partition coefficient (Wildman–Crippen LogP) is -0.979. The third-order valence-electron chi connectivity index (χ3n) is 1.89. The zero-order valence-electron chi connectivity index (χ0n) is 6.69. The van der Waals surface area contributed by atoms with Gasteiger partial charge in [0.2, 0.25) is 5.91 Å². The Morgan fingerprint density at radius 1 is 1.75 bits per heavy atom. The second kappa shape index (κ2) is 3.53. The monoisotopic (exact) mass is 172 g/mol. The van der Waals surface area contributed by atoms with E-state index in [0.29, 0.717) is 13.0 Å². The Kier molecular flexibility index (Phi) is 2.65. The number of hydrogen-bond acceptors (Lipinski definition) is 3. The number of rotatable bonds is 2. The van der Waals surface area contributed by atoms with E-state index in [0.717, 1.165) is 0 Å². The first-order valence-corrected chi connectivity index (χ1v) is 3.84.